The second kappa shape index (κ2) is 6.97. The molecule has 0 atom stereocenters. The molecule has 1 N–H and O–H groups in total. The Morgan fingerprint density at radius 1 is 1.04 bits per heavy atom. The summed E-state index contributed by atoms with van der Waals surface area (Å²) in [4.78, 5) is 11.6. The predicted octanol–water partition coefficient (Wildman–Crippen LogP) is 4.23. The van der Waals surface area contributed by atoms with Crippen molar-refractivity contribution in [2.75, 3.05) is 11.8 Å². The Labute approximate surface area is 148 Å². The third kappa shape index (κ3) is 4.09. The van der Waals surface area contributed by atoms with Crippen LogP contribution < -0.4 is 4.72 Å². The molecule has 0 saturated heterocycles. The van der Waals surface area contributed by atoms with Crippen molar-refractivity contribution < 1.29 is 17.9 Å². The van der Waals surface area contributed by atoms with Crippen LogP contribution in [-0.4, -0.2) is 21.5 Å². The molecule has 0 spiro atoms. The molecule has 122 valence electrons. The fraction of sp³-hybridized carbons (Fsp3) is 0.0714. The molecule has 9 heteroatoms. The lowest BCUT2D eigenvalue weighted by atomic mass is 10.2. The highest BCUT2D eigenvalue weighted by atomic mass is 35.5. The van der Waals surface area contributed by atoms with Gasteiger partial charge in [-0.3, -0.25) is 4.72 Å². The molecular weight excluding hydrogens is 385 g/mol. The van der Waals surface area contributed by atoms with Crippen LogP contribution in [-0.2, 0) is 14.8 Å². The number of methoxy groups -OCH3 is 1. The molecule has 2 aromatic carbocycles. The van der Waals surface area contributed by atoms with Gasteiger partial charge in [-0.05, 0) is 36.4 Å². The minimum Gasteiger partial charge on any atom is -0.465 e. The van der Waals surface area contributed by atoms with E-state index in [4.69, 9.17) is 34.8 Å². The van der Waals surface area contributed by atoms with Gasteiger partial charge in [-0.15, -0.1) is 0 Å². The van der Waals surface area contributed by atoms with Crippen molar-refractivity contribution in [3.05, 3.63) is 57.0 Å². The van der Waals surface area contributed by atoms with Crippen LogP contribution in [0.3, 0.4) is 0 Å². The summed E-state index contributed by atoms with van der Waals surface area (Å²) in [5.41, 5.74) is -0.0148. The van der Waals surface area contributed by atoms with E-state index in [-0.39, 0.29) is 31.2 Å². The van der Waals surface area contributed by atoms with Crippen LogP contribution in [0.15, 0.2) is 41.3 Å². The summed E-state index contributed by atoms with van der Waals surface area (Å²) in [5.74, 6) is -0.734. The van der Waals surface area contributed by atoms with Crippen LogP contribution in [0.5, 0.6) is 0 Å². The highest BCUT2D eigenvalue weighted by Gasteiger charge is 2.22. The third-order valence-corrected chi connectivity index (χ3v) is 5.13. The Bertz CT molecular complexity index is 868. The number of halogens is 3. The van der Waals surface area contributed by atoms with Crippen molar-refractivity contribution in [2.45, 2.75) is 4.90 Å². The number of hydrogen-bond donors (Lipinski definition) is 1. The van der Waals surface area contributed by atoms with Gasteiger partial charge in [0.2, 0.25) is 0 Å². The number of anilines is 1. The Balaban J connectivity index is 2.49. The number of carbonyl (C=O) groups is 1. The second-order valence-electron chi connectivity index (χ2n) is 4.36. The lowest BCUT2D eigenvalue weighted by molar-refractivity contribution is 0.0602. The van der Waals surface area contributed by atoms with Gasteiger partial charge < -0.3 is 4.74 Å². The van der Waals surface area contributed by atoms with Crippen molar-refractivity contribution in [1.29, 1.82) is 0 Å². The first kappa shape index (κ1) is 17.9. The Kier molecular flexibility index (Phi) is 5.41. The maximum Gasteiger partial charge on any atom is 0.340 e. The van der Waals surface area contributed by atoms with Gasteiger partial charge >= 0.3 is 5.97 Å². The molecule has 0 radical (unpaired) electrons. The molecule has 0 saturated carbocycles. The summed E-state index contributed by atoms with van der Waals surface area (Å²) in [7, 11) is -2.88. The molecule has 0 aliphatic rings. The summed E-state index contributed by atoms with van der Waals surface area (Å²) >= 11 is 17.5. The molecule has 0 bridgehead atoms. The van der Waals surface area contributed by atoms with Crippen molar-refractivity contribution in [3.63, 3.8) is 0 Å². The Hall–Kier alpha value is -1.47. The SMILES string of the molecule is COC(=O)c1cc(Cl)ccc1NS(=O)(=O)c1cc(Cl)ccc1Cl. The molecule has 0 amide bonds. The highest BCUT2D eigenvalue weighted by Crippen LogP contribution is 2.29. The van der Waals surface area contributed by atoms with E-state index in [2.05, 4.69) is 9.46 Å². The molecule has 0 heterocycles. The molecule has 23 heavy (non-hydrogen) atoms. The van der Waals surface area contributed by atoms with Crippen LogP contribution >= 0.6 is 34.8 Å². The predicted molar refractivity (Wildman–Crippen MR) is 90.1 cm³/mol. The number of ether oxygens (including phenoxy) is 1. The average molecular weight is 395 g/mol. The minimum absolute atomic E-state index is 0.00418. The van der Waals surface area contributed by atoms with Gasteiger partial charge in [-0.2, -0.15) is 0 Å². The first-order valence-electron chi connectivity index (χ1n) is 6.10. The quantitative estimate of drug-likeness (QED) is 0.788. The lowest BCUT2D eigenvalue weighted by Gasteiger charge is -2.13. The number of carbonyl (C=O) groups excluding carboxylic acids is 1. The zero-order valence-electron chi connectivity index (χ0n) is 11.6. The zero-order chi connectivity index (χ0) is 17.2. The Morgan fingerprint density at radius 2 is 1.65 bits per heavy atom. The van der Waals surface area contributed by atoms with E-state index in [1.807, 2.05) is 0 Å². The van der Waals surface area contributed by atoms with Gasteiger partial charge in [0.1, 0.15) is 4.90 Å². The van der Waals surface area contributed by atoms with Crippen LogP contribution in [0.1, 0.15) is 10.4 Å². The maximum atomic E-state index is 12.5. The molecule has 2 rings (SSSR count). The van der Waals surface area contributed by atoms with Gasteiger partial charge in [0.05, 0.1) is 23.4 Å². The summed E-state index contributed by atoms with van der Waals surface area (Å²) in [6.45, 7) is 0. The maximum absolute atomic E-state index is 12.5. The number of sulfonamides is 1. The van der Waals surface area contributed by atoms with Gasteiger partial charge in [0, 0.05) is 10.0 Å². The van der Waals surface area contributed by atoms with Gasteiger partial charge in [-0.1, -0.05) is 34.8 Å². The summed E-state index contributed by atoms with van der Waals surface area (Å²) in [6, 6.07) is 8.12. The fourth-order valence-electron chi connectivity index (χ4n) is 1.77. The first-order chi connectivity index (χ1) is 10.7. The van der Waals surface area contributed by atoms with E-state index in [0.29, 0.717) is 0 Å². The zero-order valence-corrected chi connectivity index (χ0v) is 14.7. The van der Waals surface area contributed by atoms with E-state index in [1.165, 1.54) is 43.5 Å². The van der Waals surface area contributed by atoms with Crippen LogP contribution in [0.25, 0.3) is 0 Å². The molecule has 0 fully saturated rings. The third-order valence-electron chi connectivity index (χ3n) is 2.81. The number of hydrogen-bond acceptors (Lipinski definition) is 4. The highest BCUT2D eigenvalue weighted by molar-refractivity contribution is 7.92. The summed E-state index contributed by atoms with van der Waals surface area (Å²) in [5, 5.41) is 0.462. The smallest absolute Gasteiger partial charge is 0.340 e. The van der Waals surface area contributed by atoms with Crippen LogP contribution in [0.2, 0.25) is 15.1 Å². The molecular formula is C14H10Cl3NO4S. The first-order valence-corrected chi connectivity index (χ1v) is 8.72. The number of esters is 1. The van der Waals surface area contributed by atoms with Gasteiger partial charge in [0.15, 0.2) is 0 Å². The molecule has 0 aliphatic carbocycles. The lowest BCUT2D eigenvalue weighted by Crippen LogP contribution is -2.16. The number of rotatable bonds is 4. The molecule has 0 aromatic heterocycles. The van der Waals surface area contributed by atoms with E-state index in [1.54, 1.807) is 0 Å². The van der Waals surface area contributed by atoms with Gasteiger partial charge in [0.25, 0.3) is 10.0 Å². The molecule has 2 aromatic rings. The average Bonchev–Trinajstić information content (AvgIpc) is 2.50. The largest absolute Gasteiger partial charge is 0.465 e. The van der Waals surface area contributed by atoms with Crippen LogP contribution in [0, 0.1) is 0 Å². The van der Waals surface area contributed by atoms with E-state index < -0.39 is 16.0 Å². The van der Waals surface area contributed by atoms with Crippen molar-refractivity contribution in [1.82, 2.24) is 0 Å². The van der Waals surface area contributed by atoms with E-state index >= 15 is 0 Å². The van der Waals surface area contributed by atoms with Crippen LogP contribution in [0.4, 0.5) is 5.69 Å². The summed E-state index contributed by atoms with van der Waals surface area (Å²) < 4.78 is 31.9. The van der Waals surface area contributed by atoms with E-state index in [9.17, 15) is 13.2 Å². The molecule has 0 aliphatic heterocycles. The normalized spacial score (nSPS) is 11.1. The molecule has 0 unspecified atom stereocenters. The number of benzene rings is 2. The monoisotopic (exact) mass is 393 g/mol. The second-order valence-corrected chi connectivity index (χ2v) is 7.29. The minimum atomic E-state index is -4.06. The fourth-order valence-corrected chi connectivity index (χ4v) is 3.78. The Morgan fingerprint density at radius 3 is 2.30 bits per heavy atom. The topological polar surface area (TPSA) is 72.5 Å². The van der Waals surface area contributed by atoms with Crippen molar-refractivity contribution in [2.24, 2.45) is 0 Å². The summed E-state index contributed by atoms with van der Waals surface area (Å²) in [6.07, 6.45) is 0. The number of nitrogens with one attached hydrogen (secondary N) is 1. The van der Waals surface area contributed by atoms with Gasteiger partial charge in [-0.25, -0.2) is 13.2 Å². The molecule has 5 nitrogen and oxygen atoms in total. The van der Waals surface area contributed by atoms with Crippen molar-refractivity contribution in [3.8, 4) is 0 Å². The standard InChI is InChI=1S/C14H10Cl3NO4S/c1-22-14(19)10-6-8(15)3-5-12(10)18-23(20,21)13-7-9(16)2-4-11(13)17/h2-7,18H,1H3. The van der Waals surface area contributed by atoms with E-state index in [0.717, 1.165) is 0 Å². The van der Waals surface area contributed by atoms with Crippen molar-refractivity contribution >= 4 is 56.5 Å².